The summed E-state index contributed by atoms with van der Waals surface area (Å²) in [5, 5.41) is 7.55. The summed E-state index contributed by atoms with van der Waals surface area (Å²) in [6.07, 6.45) is 0. The lowest BCUT2D eigenvalue weighted by Crippen LogP contribution is -2.15. The van der Waals surface area contributed by atoms with Gasteiger partial charge in [0.2, 0.25) is 5.82 Å². The Morgan fingerprint density at radius 3 is 2.27 bits per heavy atom. The molecular weight excluding hydrogens is 372 g/mol. The fraction of sp³-hybridized carbons (Fsp3) is 0.160. The van der Waals surface area contributed by atoms with E-state index in [0.717, 1.165) is 33.6 Å². The van der Waals surface area contributed by atoms with Gasteiger partial charge in [-0.3, -0.25) is 4.79 Å². The molecule has 0 atom stereocenters. The van der Waals surface area contributed by atoms with Crippen molar-refractivity contribution in [2.24, 2.45) is 0 Å². The summed E-state index contributed by atoms with van der Waals surface area (Å²) >= 11 is 0. The topological polar surface area (TPSA) is 59.8 Å². The molecule has 5 nitrogen and oxygen atoms in total. The lowest BCUT2D eigenvalue weighted by Gasteiger charge is -2.10. The van der Waals surface area contributed by atoms with E-state index >= 15 is 0 Å². The summed E-state index contributed by atoms with van der Waals surface area (Å²) in [6, 6.07) is 21.9. The second kappa shape index (κ2) is 7.95. The van der Waals surface area contributed by atoms with Gasteiger partial charge < -0.3 is 5.32 Å². The quantitative estimate of drug-likeness (QED) is 0.501. The van der Waals surface area contributed by atoms with Gasteiger partial charge in [0.25, 0.3) is 5.91 Å². The van der Waals surface area contributed by atoms with Crippen molar-refractivity contribution in [2.45, 2.75) is 27.7 Å². The number of aromatic nitrogens is 3. The van der Waals surface area contributed by atoms with Crippen molar-refractivity contribution in [1.82, 2.24) is 14.8 Å². The van der Waals surface area contributed by atoms with Crippen molar-refractivity contribution >= 4 is 11.6 Å². The lowest BCUT2D eigenvalue weighted by molar-refractivity contribution is 0.101. The molecule has 1 N–H and O–H groups in total. The molecule has 1 aromatic heterocycles. The molecule has 0 fully saturated rings. The standard InChI is InChI=1S/C25H24N4O/c1-16-11-13-22(19(4)14-16)29-24(20-8-6-5-7-9-20)27-23(28-29)25(30)26-21-15-17(2)10-12-18(21)3/h5-15H,1-4H3,(H,26,30). The lowest BCUT2D eigenvalue weighted by atomic mass is 10.1. The number of aryl methyl sites for hydroxylation is 4. The van der Waals surface area contributed by atoms with Crippen LogP contribution in [0.5, 0.6) is 0 Å². The highest BCUT2D eigenvalue weighted by Crippen LogP contribution is 2.24. The highest BCUT2D eigenvalue weighted by atomic mass is 16.2. The van der Waals surface area contributed by atoms with Crippen molar-refractivity contribution in [3.8, 4) is 17.1 Å². The number of carbonyl (C=O) groups is 1. The van der Waals surface area contributed by atoms with Gasteiger partial charge in [0, 0.05) is 11.3 Å². The number of carbonyl (C=O) groups excluding carboxylic acids is 1. The second-order valence-electron chi connectivity index (χ2n) is 7.60. The molecule has 0 aliphatic rings. The molecule has 0 unspecified atom stereocenters. The van der Waals surface area contributed by atoms with Crippen LogP contribution >= 0.6 is 0 Å². The Hall–Kier alpha value is -3.73. The maximum absolute atomic E-state index is 13.0. The van der Waals surface area contributed by atoms with Crippen LogP contribution in [0.3, 0.4) is 0 Å². The van der Waals surface area contributed by atoms with Crippen LogP contribution in [0.1, 0.15) is 32.9 Å². The Kier molecular flexibility index (Phi) is 5.19. The summed E-state index contributed by atoms with van der Waals surface area (Å²) in [7, 11) is 0. The van der Waals surface area contributed by atoms with Gasteiger partial charge in [-0.1, -0.05) is 60.2 Å². The fourth-order valence-corrected chi connectivity index (χ4v) is 3.44. The van der Waals surface area contributed by atoms with E-state index < -0.39 is 0 Å². The smallest absolute Gasteiger partial charge is 0.295 e. The SMILES string of the molecule is Cc1ccc(-n2nc(C(=O)Nc3cc(C)ccc3C)nc2-c2ccccc2)c(C)c1. The first-order valence-corrected chi connectivity index (χ1v) is 9.91. The van der Waals surface area contributed by atoms with Gasteiger partial charge in [-0.2, -0.15) is 0 Å². The van der Waals surface area contributed by atoms with Crippen LogP contribution in [-0.2, 0) is 0 Å². The molecule has 1 amide bonds. The van der Waals surface area contributed by atoms with Crippen LogP contribution in [0.2, 0.25) is 0 Å². The Labute approximate surface area is 176 Å². The first-order chi connectivity index (χ1) is 14.4. The third-order valence-electron chi connectivity index (χ3n) is 5.06. The minimum absolute atomic E-state index is 0.134. The molecule has 30 heavy (non-hydrogen) atoms. The van der Waals surface area contributed by atoms with Gasteiger partial charge in [0.15, 0.2) is 5.82 Å². The number of nitrogens with one attached hydrogen (secondary N) is 1. The zero-order valence-corrected chi connectivity index (χ0v) is 17.6. The Bertz CT molecular complexity index is 1230. The summed E-state index contributed by atoms with van der Waals surface area (Å²) in [5.74, 6) is 0.438. The van der Waals surface area contributed by atoms with E-state index in [1.807, 2.05) is 81.4 Å². The van der Waals surface area contributed by atoms with E-state index in [4.69, 9.17) is 0 Å². The summed E-state index contributed by atoms with van der Waals surface area (Å²) in [5.41, 5.74) is 6.88. The average Bonchev–Trinajstić information content (AvgIpc) is 3.17. The summed E-state index contributed by atoms with van der Waals surface area (Å²) < 4.78 is 1.75. The third-order valence-corrected chi connectivity index (χ3v) is 5.06. The number of amides is 1. The van der Waals surface area contributed by atoms with Crippen LogP contribution in [-0.4, -0.2) is 20.7 Å². The zero-order chi connectivity index (χ0) is 21.3. The molecule has 0 aliphatic heterocycles. The highest BCUT2D eigenvalue weighted by Gasteiger charge is 2.20. The van der Waals surface area contributed by atoms with Gasteiger partial charge in [0.05, 0.1) is 5.69 Å². The van der Waals surface area contributed by atoms with E-state index in [1.165, 1.54) is 5.56 Å². The van der Waals surface area contributed by atoms with Crippen molar-refractivity contribution in [2.75, 3.05) is 5.32 Å². The molecule has 3 aromatic carbocycles. The largest absolute Gasteiger partial charge is 0.319 e. The normalized spacial score (nSPS) is 10.8. The average molecular weight is 396 g/mol. The molecule has 150 valence electrons. The third kappa shape index (κ3) is 3.87. The van der Waals surface area contributed by atoms with E-state index in [-0.39, 0.29) is 11.7 Å². The van der Waals surface area contributed by atoms with E-state index in [1.54, 1.807) is 4.68 Å². The van der Waals surface area contributed by atoms with Crippen molar-refractivity contribution in [3.05, 3.63) is 94.8 Å². The minimum atomic E-state index is -0.329. The molecule has 0 radical (unpaired) electrons. The van der Waals surface area contributed by atoms with Crippen LogP contribution in [0.4, 0.5) is 5.69 Å². The van der Waals surface area contributed by atoms with Gasteiger partial charge in [-0.15, -0.1) is 5.10 Å². The number of rotatable bonds is 4. The number of anilines is 1. The second-order valence-corrected chi connectivity index (χ2v) is 7.60. The molecule has 0 saturated carbocycles. The summed E-state index contributed by atoms with van der Waals surface area (Å²) in [6.45, 7) is 8.05. The van der Waals surface area contributed by atoms with Crippen LogP contribution in [0.25, 0.3) is 17.1 Å². The van der Waals surface area contributed by atoms with Gasteiger partial charge in [-0.25, -0.2) is 9.67 Å². The maximum atomic E-state index is 13.0. The maximum Gasteiger partial charge on any atom is 0.295 e. The summed E-state index contributed by atoms with van der Waals surface area (Å²) in [4.78, 5) is 17.6. The number of nitrogens with zero attached hydrogens (tertiary/aromatic N) is 3. The van der Waals surface area contributed by atoms with E-state index in [9.17, 15) is 4.79 Å². The molecule has 4 rings (SSSR count). The predicted octanol–water partition coefficient (Wildman–Crippen LogP) is 5.42. The Morgan fingerprint density at radius 1 is 0.833 bits per heavy atom. The van der Waals surface area contributed by atoms with Gasteiger partial charge in [0.1, 0.15) is 0 Å². The Balaban J connectivity index is 1.79. The predicted molar refractivity (Wildman–Crippen MR) is 120 cm³/mol. The molecule has 5 heteroatoms. The number of hydrogen-bond acceptors (Lipinski definition) is 3. The minimum Gasteiger partial charge on any atom is -0.319 e. The molecule has 0 bridgehead atoms. The van der Waals surface area contributed by atoms with E-state index in [0.29, 0.717) is 5.82 Å². The van der Waals surface area contributed by atoms with Crippen molar-refractivity contribution in [1.29, 1.82) is 0 Å². The number of hydrogen-bond donors (Lipinski definition) is 1. The molecule has 1 heterocycles. The monoisotopic (exact) mass is 396 g/mol. The van der Waals surface area contributed by atoms with Crippen LogP contribution in [0, 0.1) is 27.7 Å². The zero-order valence-electron chi connectivity index (χ0n) is 17.6. The first kappa shape index (κ1) is 19.6. The van der Waals surface area contributed by atoms with Crippen molar-refractivity contribution < 1.29 is 4.79 Å². The molecule has 0 saturated heterocycles. The molecule has 4 aromatic rings. The van der Waals surface area contributed by atoms with Crippen molar-refractivity contribution in [3.63, 3.8) is 0 Å². The molecular formula is C25H24N4O. The first-order valence-electron chi connectivity index (χ1n) is 9.91. The highest BCUT2D eigenvalue weighted by molar-refractivity contribution is 6.02. The van der Waals surface area contributed by atoms with Crippen LogP contribution in [0.15, 0.2) is 66.7 Å². The van der Waals surface area contributed by atoms with Crippen LogP contribution < -0.4 is 5.32 Å². The number of benzene rings is 3. The fourth-order valence-electron chi connectivity index (χ4n) is 3.44. The van der Waals surface area contributed by atoms with Gasteiger partial charge in [-0.05, 0) is 56.5 Å². The van der Waals surface area contributed by atoms with Gasteiger partial charge >= 0.3 is 0 Å². The molecule has 0 spiro atoms. The Morgan fingerprint density at radius 2 is 1.53 bits per heavy atom. The van der Waals surface area contributed by atoms with E-state index in [2.05, 4.69) is 28.4 Å². The molecule has 0 aliphatic carbocycles.